The molecule has 1 aliphatic rings. The number of rotatable bonds is 6. The third-order valence-corrected chi connectivity index (χ3v) is 5.43. The first-order valence-corrected chi connectivity index (χ1v) is 9.92. The molecule has 1 aliphatic heterocycles. The van der Waals surface area contributed by atoms with Crippen LogP contribution in [0.5, 0.6) is 5.75 Å². The molecule has 1 aromatic heterocycles. The Bertz CT molecular complexity index is 1000. The number of aromatic hydroxyl groups is 1. The van der Waals surface area contributed by atoms with Gasteiger partial charge in [0.25, 0.3) is 5.91 Å². The molecule has 2 aromatic carbocycles. The molecule has 4 rings (SSSR count). The van der Waals surface area contributed by atoms with E-state index in [1.807, 2.05) is 35.2 Å². The number of phenols is 1. The number of carbonyl (C=O) groups is 1. The van der Waals surface area contributed by atoms with Gasteiger partial charge in [-0.15, -0.1) is 0 Å². The van der Waals surface area contributed by atoms with E-state index in [1.165, 1.54) is 0 Å². The molecule has 0 saturated carbocycles. The van der Waals surface area contributed by atoms with Crippen molar-refractivity contribution >= 4 is 17.5 Å². The molecule has 6 heteroatoms. The number of fused-ring (bicyclic) bond motifs is 1. The number of halogens is 1. The van der Waals surface area contributed by atoms with Gasteiger partial charge in [-0.1, -0.05) is 61.7 Å². The second-order valence-corrected chi connectivity index (χ2v) is 7.48. The van der Waals surface area contributed by atoms with Crippen molar-refractivity contribution in [3.8, 4) is 17.0 Å². The van der Waals surface area contributed by atoms with Crippen LogP contribution in [0.15, 0.2) is 48.5 Å². The Labute approximate surface area is 169 Å². The van der Waals surface area contributed by atoms with Crippen LogP contribution in [0.2, 0.25) is 5.02 Å². The molecule has 0 saturated heterocycles. The predicted octanol–water partition coefficient (Wildman–Crippen LogP) is 5.17. The topological polar surface area (TPSA) is 69.2 Å². The maximum Gasteiger partial charge on any atom is 0.273 e. The van der Waals surface area contributed by atoms with E-state index in [0.717, 1.165) is 30.4 Å². The molecule has 5 nitrogen and oxygen atoms in total. The molecule has 3 aromatic rings. The van der Waals surface area contributed by atoms with Crippen LogP contribution in [-0.2, 0) is 0 Å². The molecule has 2 heterocycles. The highest BCUT2D eigenvalue weighted by Crippen LogP contribution is 2.44. The zero-order chi connectivity index (χ0) is 19.7. The molecule has 1 amide bonds. The molecule has 2 N–H and O–H groups in total. The zero-order valence-electron chi connectivity index (χ0n) is 15.7. The highest BCUT2D eigenvalue weighted by Gasteiger charge is 2.42. The number of benzene rings is 2. The zero-order valence-corrected chi connectivity index (χ0v) is 16.4. The van der Waals surface area contributed by atoms with Gasteiger partial charge in [-0.25, -0.2) is 0 Å². The van der Waals surface area contributed by atoms with E-state index in [-0.39, 0.29) is 17.7 Å². The van der Waals surface area contributed by atoms with E-state index in [0.29, 0.717) is 28.5 Å². The average molecular weight is 396 g/mol. The summed E-state index contributed by atoms with van der Waals surface area (Å²) in [6, 6.07) is 14.6. The Morgan fingerprint density at radius 1 is 1.18 bits per heavy atom. The number of nitrogens with one attached hydrogen (secondary N) is 1. The number of aromatic amines is 1. The van der Waals surface area contributed by atoms with Crippen LogP contribution in [0.4, 0.5) is 0 Å². The van der Waals surface area contributed by atoms with Gasteiger partial charge in [0.1, 0.15) is 17.1 Å². The van der Waals surface area contributed by atoms with Crippen LogP contribution in [0, 0.1) is 0 Å². The van der Waals surface area contributed by atoms with Gasteiger partial charge in [0.15, 0.2) is 0 Å². The summed E-state index contributed by atoms with van der Waals surface area (Å²) >= 11 is 6.15. The lowest BCUT2D eigenvalue weighted by atomic mass is 9.95. The Morgan fingerprint density at radius 2 is 1.96 bits per heavy atom. The van der Waals surface area contributed by atoms with Crippen molar-refractivity contribution in [2.24, 2.45) is 0 Å². The van der Waals surface area contributed by atoms with Gasteiger partial charge >= 0.3 is 0 Å². The largest absolute Gasteiger partial charge is 0.507 e. The molecular formula is C22H22ClN3O2. The van der Waals surface area contributed by atoms with Crippen molar-refractivity contribution < 1.29 is 9.90 Å². The van der Waals surface area contributed by atoms with E-state index < -0.39 is 0 Å². The van der Waals surface area contributed by atoms with Crippen LogP contribution < -0.4 is 0 Å². The lowest BCUT2D eigenvalue weighted by molar-refractivity contribution is 0.0740. The fourth-order valence-corrected chi connectivity index (χ4v) is 4.02. The van der Waals surface area contributed by atoms with Crippen molar-refractivity contribution in [1.82, 2.24) is 15.1 Å². The molecule has 144 valence electrons. The van der Waals surface area contributed by atoms with Crippen LogP contribution in [0.1, 0.15) is 53.8 Å². The monoisotopic (exact) mass is 395 g/mol. The standard InChI is InChI=1S/C22H22ClN3O2/c1-2-3-7-12-26-21(14-8-5-4-6-9-14)18-19(24-25-20(18)22(26)28)16-13-15(23)10-11-17(16)27/h4-6,8-11,13,21,27H,2-3,7,12H2,1H3,(H,24,25). The molecule has 0 radical (unpaired) electrons. The molecule has 0 spiro atoms. The normalized spacial score (nSPS) is 15.9. The van der Waals surface area contributed by atoms with Crippen molar-refractivity contribution in [3.05, 3.63) is 70.4 Å². The highest BCUT2D eigenvalue weighted by molar-refractivity contribution is 6.31. The van der Waals surface area contributed by atoms with Crippen LogP contribution in [0.25, 0.3) is 11.3 Å². The van der Waals surface area contributed by atoms with Gasteiger partial charge < -0.3 is 10.0 Å². The second-order valence-electron chi connectivity index (χ2n) is 7.04. The summed E-state index contributed by atoms with van der Waals surface area (Å²) in [5, 5.41) is 18.2. The molecule has 1 unspecified atom stereocenters. The lowest BCUT2D eigenvalue weighted by Gasteiger charge is -2.26. The lowest BCUT2D eigenvalue weighted by Crippen LogP contribution is -2.30. The first kappa shape index (κ1) is 18.6. The number of carbonyl (C=O) groups excluding carboxylic acids is 1. The van der Waals surface area contributed by atoms with Crippen LogP contribution in [0.3, 0.4) is 0 Å². The number of amides is 1. The third kappa shape index (κ3) is 3.16. The van der Waals surface area contributed by atoms with E-state index in [4.69, 9.17) is 11.6 Å². The third-order valence-electron chi connectivity index (χ3n) is 5.20. The van der Waals surface area contributed by atoms with Gasteiger partial charge in [-0.05, 0) is 30.2 Å². The van der Waals surface area contributed by atoms with E-state index in [1.54, 1.807) is 18.2 Å². The highest BCUT2D eigenvalue weighted by atomic mass is 35.5. The van der Waals surface area contributed by atoms with Gasteiger partial charge in [-0.2, -0.15) is 5.10 Å². The fraction of sp³-hybridized carbons (Fsp3) is 0.273. The van der Waals surface area contributed by atoms with Crippen molar-refractivity contribution in [3.63, 3.8) is 0 Å². The Hall–Kier alpha value is -2.79. The molecule has 28 heavy (non-hydrogen) atoms. The number of H-pyrrole nitrogens is 1. The summed E-state index contributed by atoms with van der Waals surface area (Å²) < 4.78 is 0. The van der Waals surface area contributed by atoms with Crippen molar-refractivity contribution in [1.29, 1.82) is 0 Å². The molecule has 0 fully saturated rings. The summed E-state index contributed by atoms with van der Waals surface area (Å²) in [4.78, 5) is 15.0. The molecule has 0 aliphatic carbocycles. The number of nitrogens with zero attached hydrogens (tertiary/aromatic N) is 2. The van der Waals surface area contributed by atoms with Crippen molar-refractivity contribution in [2.75, 3.05) is 6.54 Å². The quantitative estimate of drug-likeness (QED) is 0.565. The predicted molar refractivity (Wildman–Crippen MR) is 110 cm³/mol. The van der Waals surface area contributed by atoms with Crippen LogP contribution >= 0.6 is 11.6 Å². The Morgan fingerprint density at radius 3 is 2.71 bits per heavy atom. The Balaban J connectivity index is 1.84. The first-order valence-electron chi connectivity index (χ1n) is 9.55. The summed E-state index contributed by atoms with van der Waals surface area (Å²) in [5.41, 5.74) is 3.39. The number of phenolic OH excluding ortho intramolecular Hbond substituents is 1. The summed E-state index contributed by atoms with van der Waals surface area (Å²) in [5.74, 6) is 0.0302. The van der Waals surface area contributed by atoms with Gasteiger partial charge in [-0.3, -0.25) is 9.89 Å². The van der Waals surface area contributed by atoms with Gasteiger partial charge in [0.2, 0.25) is 0 Å². The maximum absolute atomic E-state index is 13.1. The summed E-state index contributed by atoms with van der Waals surface area (Å²) in [7, 11) is 0. The number of hydrogen-bond donors (Lipinski definition) is 2. The van der Waals surface area contributed by atoms with E-state index in [2.05, 4.69) is 17.1 Å². The SMILES string of the molecule is CCCCCN1C(=O)c2[nH]nc(-c3cc(Cl)ccc3O)c2C1c1ccccc1. The molecule has 0 bridgehead atoms. The maximum atomic E-state index is 13.1. The first-order chi connectivity index (χ1) is 13.6. The minimum absolute atomic E-state index is 0.0553. The number of hydrogen-bond acceptors (Lipinski definition) is 3. The van der Waals surface area contributed by atoms with Crippen LogP contribution in [-0.4, -0.2) is 32.7 Å². The van der Waals surface area contributed by atoms with Gasteiger partial charge in [0.05, 0.1) is 6.04 Å². The summed E-state index contributed by atoms with van der Waals surface area (Å²) in [6.45, 7) is 2.82. The van der Waals surface area contributed by atoms with Gasteiger partial charge in [0, 0.05) is 22.7 Å². The summed E-state index contributed by atoms with van der Waals surface area (Å²) in [6.07, 6.45) is 3.10. The smallest absolute Gasteiger partial charge is 0.273 e. The van der Waals surface area contributed by atoms with Crippen molar-refractivity contribution in [2.45, 2.75) is 32.2 Å². The van der Waals surface area contributed by atoms with E-state index >= 15 is 0 Å². The molecular weight excluding hydrogens is 374 g/mol. The fourth-order valence-electron chi connectivity index (χ4n) is 3.84. The Kier molecular flexibility index (Phi) is 5.09. The molecule has 1 atom stereocenters. The number of unbranched alkanes of at least 4 members (excludes halogenated alkanes) is 2. The van der Waals surface area contributed by atoms with E-state index in [9.17, 15) is 9.90 Å². The second kappa shape index (κ2) is 7.68. The number of aromatic nitrogens is 2. The average Bonchev–Trinajstić information content (AvgIpc) is 3.24. The minimum Gasteiger partial charge on any atom is -0.507 e. The minimum atomic E-state index is -0.243.